The zero-order chi connectivity index (χ0) is 20.4. The maximum Gasteiger partial charge on any atom is 0.418 e. The van der Waals surface area contributed by atoms with Gasteiger partial charge >= 0.3 is 12.2 Å². The molecule has 0 atom stereocenters. The number of nitrogens with zero attached hydrogens (tertiary/aromatic N) is 2. The van der Waals surface area contributed by atoms with E-state index in [2.05, 4.69) is 15.6 Å². The third-order valence-electron chi connectivity index (χ3n) is 4.28. The molecule has 0 aliphatic carbocycles. The van der Waals surface area contributed by atoms with E-state index in [9.17, 15) is 18.0 Å². The summed E-state index contributed by atoms with van der Waals surface area (Å²) in [6.45, 7) is 0. The van der Waals surface area contributed by atoms with Gasteiger partial charge in [-0.05, 0) is 36.4 Å². The first kappa shape index (κ1) is 18.5. The third kappa shape index (κ3) is 4.06. The van der Waals surface area contributed by atoms with Crippen LogP contribution in [0.25, 0.3) is 16.9 Å². The summed E-state index contributed by atoms with van der Waals surface area (Å²) in [5, 5.41) is 4.78. The number of aromatic nitrogens is 2. The molecular weight excluding hydrogens is 381 g/mol. The summed E-state index contributed by atoms with van der Waals surface area (Å²) in [5.74, 6) is 0. The van der Waals surface area contributed by atoms with Crippen LogP contribution in [0.2, 0.25) is 0 Å². The first-order chi connectivity index (χ1) is 13.9. The molecule has 0 aliphatic rings. The number of benzene rings is 2. The number of carbonyl (C=O) groups excluding carboxylic acids is 1. The van der Waals surface area contributed by atoms with Crippen LogP contribution in [0.1, 0.15) is 5.56 Å². The molecule has 4 aromatic rings. The minimum atomic E-state index is -4.56. The average Bonchev–Trinajstić information content (AvgIpc) is 3.12. The van der Waals surface area contributed by atoms with Gasteiger partial charge in [-0.1, -0.05) is 30.3 Å². The fourth-order valence-electron chi connectivity index (χ4n) is 2.92. The number of halogens is 3. The van der Waals surface area contributed by atoms with Crippen LogP contribution >= 0.6 is 0 Å². The summed E-state index contributed by atoms with van der Waals surface area (Å²) < 4.78 is 41.0. The molecule has 0 unspecified atom stereocenters. The maximum atomic E-state index is 13.0. The fourth-order valence-corrected chi connectivity index (χ4v) is 2.92. The summed E-state index contributed by atoms with van der Waals surface area (Å²) in [6.07, 6.45) is -0.775. The second kappa shape index (κ2) is 7.31. The Morgan fingerprint density at radius 2 is 1.62 bits per heavy atom. The molecule has 2 N–H and O–H groups in total. The number of alkyl halides is 3. The number of rotatable bonds is 3. The molecule has 146 valence electrons. The van der Waals surface area contributed by atoms with Crippen molar-refractivity contribution >= 4 is 23.1 Å². The van der Waals surface area contributed by atoms with Gasteiger partial charge in [-0.25, -0.2) is 9.78 Å². The molecule has 0 saturated heterocycles. The SMILES string of the molecule is O=C(Nc1ccc(-c2cn3ccccc3n2)cc1)Nc1ccccc1C(F)(F)F. The largest absolute Gasteiger partial charge is 0.418 e. The summed E-state index contributed by atoms with van der Waals surface area (Å²) >= 11 is 0. The summed E-state index contributed by atoms with van der Waals surface area (Å²) in [7, 11) is 0. The van der Waals surface area contributed by atoms with E-state index >= 15 is 0 Å². The monoisotopic (exact) mass is 396 g/mol. The number of anilines is 2. The van der Waals surface area contributed by atoms with E-state index in [0.29, 0.717) is 5.69 Å². The molecule has 0 radical (unpaired) electrons. The number of pyridine rings is 1. The third-order valence-corrected chi connectivity index (χ3v) is 4.28. The van der Waals surface area contributed by atoms with E-state index in [4.69, 9.17) is 0 Å². The van der Waals surface area contributed by atoms with Crippen LogP contribution in [-0.2, 0) is 6.18 Å². The van der Waals surface area contributed by atoms with E-state index < -0.39 is 17.8 Å². The van der Waals surface area contributed by atoms with Gasteiger partial charge in [0.1, 0.15) is 5.65 Å². The topological polar surface area (TPSA) is 58.4 Å². The van der Waals surface area contributed by atoms with Gasteiger partial charge in [0.2, 0.25) is 0 Å². The highest BCUT2D eigenvalue weighted by Gasteiger charge is 2.33. The summed E-state index contributed by atoms with van der Waals surface area (Å²) in [5.41, 5.74) is 1.66. The molecule has 2 aromatic heterocycles. The number of nitrogens with one attached hydrogen (secondary N) is 2. The Hall–Kier alpha value is -3.81. The molecule has 0 bridgehead atoms. The Morgan fingerprint density at radius 3 is 2.34 bits per heavy atom. The quantitative estimate of drug-likeness (QED) is 0.469. The fraction of sp³-hybridized carbons (Fsp3) is 0.0476. The van der Waals surface area contributed by atoms with Crippen molar-refractivity contribution in [3.63, 3.8) is 0 Å². The molecule has 2 aromatic carbocycles. The minimum Gasteiger partial charge on any atom is -0.308 e. The number of hydrogen-bond donors (Lipinski definition) is 2. The van der Waals surface area contributed by atoms with E-state index in [-0.39, 0.29) is 5.69 Å². The lowest BCUT2D eigenvalue weighted by Gasteiger charge is -2.14. The van der Waals surface area contributed by atoms with Gasteiger partial charge in [-0.3, -0.25) is 0 Å². The first-order valence-electron chi connectivity index (χ1n) is 8.68. The van der Waals surface area contributed by atoms with Gasteiger partial charge in [-0.15, -0.1) is 0 Å². The van der Waals surface area contributed by atoms with Gasteiger partial charge in [0.05, 0.1) is 16.9 Å². The van der Waals surface area contributed by atoms with Gasteiger partial charge < -0.3 is 15.0 Å². The molecule has 0 fully saturated rings. The van der Waals surface area contributed by atoms with Crippen molar-refractivity contribution in [2.24, 2.45) is 0 Å². The molecule has 0 spiro atoms. The molecule has 5 nitrogen and oxygen atoms in total. The van der Waals surface area contributed by atoms with Crippen LogP contribution < -0.4 is 10.6 Å². The highest BCUT2D eigenvalue weighted by Crippen LogP contribution is 2.34. The molecular formula is C21H15F3N4O. The number of carbonyl (C=O) groups is 1. The lowest BCUT2D eigenvalue weighted by atomic mass is 10.1. The maximum absolute atomic E-state index is 13.0. The number of hydrogen-bond acceptors (Lipinski definition) is 2. The molecule has 2 amide bonds. The van der Waals surface area contributed by atoms with Crippen LogP contribution in [0.5, 0.6) is 0 Å². The minimum absolute atomic E-state index is 0.307. The number of para-hydroxylation sites is 1. The van der Waals surface area contributed by atoms with Crippen molar-refractivity contribution in [2.75, 3.05) is 10.6 Å². The number of urea groups is 1. The van der Waals surface area contributed by atoms with Gasteiger partial charge in [0.25, 0.3) is 0 Å². The van der Waals surface area contributed by atoms with Gasteiger partial charge in [0, 0.05) is 23.6 Å². The van der Waals surface area contributed by atoms with Crippen LogP contribution in [0.4, 0.5) is 29.3 Å². The summed E-state index contributed by atoms with van der Waals surface area (Å²) in [4.78, 5) is 16.6. The van der Waals surface area contributed by atoms with E-state index in [1.165, 1.54) is 18.2 Å². The molecule has 0 aliphatic heterocycles. The molecule has 4 rings (SSSR count). The predicted molar refractivity (Wildman–Crippen MR) is 105 cm³/mol. The van der Waals surface area contributed by atoms with E-state index in [1.54, 1.807) is 24.3 Å². The van der Waals surface area contributed by atoms with Crippen LogP contribution in [0.15, 0.2) is 79.1 Å². The Bertz CT molecular complexity index is 1130. The standard InChI is InChI=1S/C21H15F3N4O/c22-21(23,24)16-5-1-2-6-17(16)27-20(29)25-15-10-8-14(9-11-15)18-13-28-12-4-3-7-19(28)26-18/h1-13H,(H2,25,27,29). The highest BCUT2D eigenvalue weighted by atomic mass is 19.4. The molecule has 29 heavy (non-hydrogen) atoms. The van der Waals surface area contributed by atoms with Crippen molar-refractivity contribution in [1.29, 1.82) is 0 Å². The zero-order valence-electron chi connectivity index (χ0n) is 14.9. The van der Waals surface area contributed by atoms with Crippen LogP contribution in [-0.4, -0.2) is 15.4 Å². The number of fused-ring (bicyclic) bond motifs is 1. The zero-order valence-corrected chi connectivity index (χ0v) is 14.9. The smallest absolute Gasteiger partial charge is 0.308 e. The first-order valence-corrected chi connectivity index (χ1v) is 8.68. The van der Waals surface area contributed by atoms with Crippen molar-refractivity contribution < 1.29 is 18.0 Å². The molecule has 8 heteroatoms. The Kier molecular flexibility index (Phi) is 4.67. The number of amides is 2. The van der Waals surface area contributed by atoms with Crippen molar-refractivity contribution in [2.45, 2.75) is 6.18 Å². The molecule has 0 saturated carbocycles. The van der Waals surface area contributed by atoms with E-state index in [0.717, 1.165) is 23.0 Å². The Labute approximate surface area is 163 Å². The summed E-state index contributed by atoms with van der Waals surface area (Å²) in [6, 6.07) is 16.6. The van der Waals surface area contributed by atoms with Crippen LogP contribution in [0, 0.1) is 0 Å². The van der Waals surface area contributed by atoms with E-state index in [1.807, 2.05) is 35.0 Å². The second-order valence-corrected chi connectivity index (χ2v) is 6.29. The lowest BCUT2D eigenvalue weighted by molar-refractivity contribution is -0.136. The highest BCUT2D eigenvalue weighted by molar-refractivity contribution is 6.00. The number of imidazole rings is 1. The van der Waals surface area contributed by atoms with Gasteiger partial charge in [0.15, 0.2) is 0 Å². The Balaban J connectivity index is 1.47. The van der Waals surface area contributed by atoms with Crippen molar-refractivity contribution in [1.82, 2.24) is 9.38 Å². The average molecular weight is 396 g/mol. The normalized spacial score (nSPS) is 11.4. The molecule has 2 heterocycles. The van der Waals surface area contributed by atoms with Crippen molar-refractivity contribution in [3.8, 4) is 11.3 Å². The van der Waals surface area contributed by atoms with Crippen molar-refractivity contribution in [3.05, 3.63) is 84.7 Å². The predicted octanol–water partition coefficient (Wildman–Crippen LogP) is 5.66. The van der Waals surface area contributed by atoms with Gasteiger partial charge in [-0.2, -0.15) is 13.2 Å². The lowest BCUT2D eigenvalue weighted by Crippen LogP contribution is -2.21. The van der Waals surface area contributed by atoms with Crippen LogP contribution in [0.3, 0.4) is 0 Å². The second-order valence-electron chi connectivity index (χ2n) is 6.29. The Morgan fingerprint density at radius 1 is 0.897 bits per heavy atom.